The number of nitrogens with two attached hydrogens (primary N) is 1. The maximum absolute atomic E-state index is 12.5. The van der Waals surface area contributed by atoms with Gasteiger partial charge < -0.3 is 10.6 Å². The molecule has 0 bridgehead atoms. The third-order valence-electron chi connectivity index (χ3n) is 3.80. The fraction of sp³-hybridized carbons (Fsp3) is 0.571. The summed E-state index contributed by atoms with van der Waals surface area (Å²) < 4.78 is 28.4. The molecule has 0 aliphatic carbocycles. The van der Waals surface area contributed by atoms with Crippen LogP contribution in [0, 0.1) is 6.92 Å². The van der Waals surface area contributed by atoms with Crippen LogP contribution in [0.5, 0.6) is 0 Å². The van der Waals surface area contributed by atoms with Crippen molar-refractivity contribution in [1.29, 1.82) is 0 Å². The molecule has 21 heavy (non-hydrogen) atoms. The molecule has 0 radical (unpaired) electrons. The van der Waals surface area contributed by atoms with Crippen LogP contribution in [0.4, 0.5) is 0 Å². The lowest BCUT2D eigenvalue weighted by Crippen LogP contribution is -2.33. The summed E-state index contributed by atoms with van der Waals surface area (Å²) in [6.45, 7) is 5.43. The first kappa shape index (κ1) is 16.9. The molecule has 0 spiro atoms. The van der Waals surface area contributed by atoms with Crippen molar-refractivity contribution in [3.63, 3.8) is 0 Å². The molecule has 1 fully saturated rings. The second-order valence-electron chi connectivity index (χ2n) is 5.35. The molecule has 0 atom stereocenters. The zero-order valence-corrected chi connectivity index (χ0v) is 14.6. The molecule has 7 heteroatoms. The van der Waals surface area contributed by atoms with Crippen LogP contribution in [-0.2, 0) is 16.6 Å². The molecule has 1 aliphatic rings. The molecular formula is C14H22BrN3O2S. The van der Waals surface area contributed by atoms with Crippen molar-refractivity contribution in [3.8, 4) is 0 Å². The van der Waals surface area contributed by atoms with Gasteiger partial charge in [-0.05, 0) is 56.1 Å². The van der Waals surface area contributed by atoms with Gasteiger partial charge >= 0.3 is 0 Å². The summed E-state index contributed by atoms with van der Waals surface area (Å²) in [6.07, 6.45) is 2.41. The first-order chi connectivity index (χ1) is 9.94. The number of likely N-dealkylation sites (tertiary alicyclic amines) is 1. The van der Waals surface area contributed by atoms with Crippen LogP contribution in [0.1, 0.15) is 24.0 Å². The Labute approximate surface area is 135 Å². The van der Waals surface area contributed by atoms with Crippen LogP contribution in [0.3, 0.4) is 0 Å². The number of hydrogen-bond donors (Lipinski definition) is 2. The van der Waals surface area contributed by atoms with Crippen molar-refractivity contribution in [3.05, 3.63) is 27.7 Å². The number of rotatable bonds is 6. The fourth-order valence-electron chi connectivity index (χ4n) is 2.53. The third-order valence-corrected chi connectivity index (χ3v) is 6.21. The summed E-state index contributed by atoms with van der Waals surface area (Å²) in [6, 6.07) is 3.51. The molecule has 1 saturated heterocycles. The molecule has 1 aliphatic heterocycles. The average molecular weight is 376 g/mol. The Morgan fingerprint density at radius 2 is 2.00 bits per heavy atom. The van der Waals surface area contributed by atoms with E-state index in [0.29, 0.717) is 23.5 Å². The quantitative estimate of drug-likeness (QED) is 0.791. The lowest BCUT2D eigenvalue weighted by atomic mass is 10.1. The monoisotopic (exact) mass is 375 g/mol. The highest BCUT2D eigenvalue weighted by molar-refractivity contribution is 9.10. The molecule has 0 saturated carbocycles. The zero-order chi connectivity index (χ0) is 15.5. The summed E-state index contributed by atoms with van der Waals surface area (Å²) in [7, 11) is -3.50. The standard InChI is InChI=1S/C14H22BrN3O2S/c1-11-13(15)8-12(10-16)9-14(11)21(19,20)17-4-7-18-5-2-3-6-18/h8-9,17H,2-7,10,16H2,1H3. The summed E-state index contributed by atoms with van der Waals surface area (Å²) in [4.78, 5) is 2.58. The molecular weight excluding hydrogens is 354 g/mol. The van der Waals surface area contributed by atoms with E-state index in [0.717, 1.165) is 29.7 Å². The number of halogens is 1. The van der Waals surface area contributed by atoms with E-state index in [4.69, 9.17) is 5.73 Å². The van der Waals surface area contributed by atoms with Crippen molar-refractivity contribution in [2.75, 3.05) is 26.2 Å². The summed E-state index contributed by atoms with van der Waals surface area (Å²) in [5, 5.41) is 0. The van der Waals surface area contributed by atoms with Gasteiger partial charge in [-0.15, -0.1) is 0 Å². The average Bonchev–Trinajstić information content (AvgIpc) is 2.94. The predicted octanol–water partition coefficient (Wildman–Crippen LogP) is 1.59. The number of nitrogens with zero attached hydrogens (tertiary/aromatic N) is 1. The molecule has 2 rings (SSSR count). The lowest BCUT2D eigenvalue weighted by molar-refractivity contribution is 0.344. The van der Waals surface area contributed by atoms with E-state index in [1.165, 1.54) is 12.8 Å². The third kappa shape index (κ3) is 4.26. The fourth-order valence-corrected chi connectivity index (χ4v) is 4.50. The van der Waals surface area contributed by atoms with E-state index in [-0.39, 0.29) is 0 Å². The van der Waals surface area contributed by atoms with Gasteiger partial charge in [-0.3, -0.25) is 0 Å². The normalized spacial score (nSPS) is 16.5. The van der Waals surface area contributed by atoms with Crippen molar-refractivity contribution in [2.45, 2.75) is 31.2 Å². The van der Waals surface area contributed by atoms with Gasteiger partial charge in [0.1, 0.15) is 0 Å². The first-order valence-electron chi connectivity index (χ1n) is 7.15. The van der Waals surface area contributed by atoms with E-state index in [2.05, 4.69) is 25.6 Å². The smallest absolute Gasteiger partial charge is 0.240 e. The maximum atomic E-state index is 12.5. The highest BCUT2D eigenvalue weighted by atomic mass is 79.9. The second-order valence-corrected chi connectivity index (χ2v) is 7.94. The SMILES string of the molecule is Cc1c(Br)cc(CN)cc1S(=O)(=O)NCCN1CCCC1. The van der Waals surface area contributed by atoms with Crippen LogP contribution in [-0.4, -0.2) is 39.5 Å². The molecule has 0 amide bonds. The van der Waals surface area contributed by atoms with Gasteiger partial charge in [-0.1, -0.05) is 15.9 Å². The van der Waals surface area contributed by atoms with Crippen LogP contribution in [0.25, 0.3) is 0 Å². The van der Waals surface area contributed by atoms with Crippen LogP contribution in [0.15, 0.2) is 21.5 Å². The number of nitrogens with one attached hydrogen (secondary N) is 1. The van der Waals surface area contributed by atoms with Crippen molar-refractivity contribution < 1.29 is 8.42 Å². The Balaban J connectivity index is 2.09. The minimum atomic E-state index is -3.50. The molecule has 0 aromatic heterocycles. The molecule has 1 aromatic carbocycles. The van der Waals surface area contributed by atoms with Gasteiger partial charge in [0, 0.05) is 24.1 Å². The molecule has 118 valence electrons. The molecule has 3 N–H and O–H groups in total. The van der Waals surface area contributed by atoms with E-state index < -0.39 is 10.0 Å². The van der Waals surface area contributed by atoms with E-state index in [1.807, 2.05) is 6.07 Å². The Kier molecular flexibility index (Phi) is 5.79. The topological polar surface area (TPSA) is 75.4 Å². The van der Waals surface area contributed by atoms with Crippen LogP contribution < -0.4 is 10.5 Å². The Bertz CT molecular complexity index is 598. The van der Waals surface area contributed by atoms with Gasteiger partial charge in [0.2, 0.25) is 10.0 Å². The number of benzene rings is 1. The Morgan fingerprint density at radius 1 is 1.33 bits per heavy atom. The van der Waals surface area contributed by atoms with Crippen molar-refractivity contribution in [2.24, 2.45) is 5.73 Å². The second kappa shape index (κ2) is 7.19. The van der Waals surface area contributed by atoms with Crippen LogP contribution >= 0.6 is 15.9 Å². The Hall–Kier alpha value is -0.470. The molecule has 5 nitrogen and oxygen atoms in total. The summed E-state index contributed by atoms with van der Waals surface area (Å²) >= 11 is 3.40. The minimum absolute atomic E-state index is 0.304. The highest BCUT2D eigenvalue weighted by Gasteiger charge is 2.20. The summed E-state index contributed by atoms with van der Waals surface area (Å²) in [5.41, 5.74) is 7.13. The minimum Gasteiger partial charge on any atom is -0.326 e. The van der Waals surface area contributed by atoms with E-state index in [9.17, 15) is 8.42 Å². The van der Waals surface area contributed by atoms with Gasteiger partial charge in [-0.25, -0.2) is 13.1 Å². The van der Waals surface area contributed by atoms with Gasteiger partial charge in [0.25, 0.3) is 0 Å². The predicted molar refractivity (Wildman–Crippen MR) is 87.6 cm³/mol. The summed E-state index contributed by atoms with van der Waals surface area (Å²) in [5.74, 6) is 0. The maximum Gasteiger partial charge on any atom is 0.240 e. The van der Waals surface area contributed by atoms with Gasteiger partial charge in [0.05, 0.1) is 4.90 Å². The molecule has 1 aromatic rings. The van der Waals surface area contributed by atoms with E-state index in [1.54, 1.807) is 13.0 Å². The van der Waals surface area contributed by atoms with Crippen LogP contribution in [0.2, 0.25) is 0 Å². The number of sulfonamides is 1. The van der Waals surface area contributed by atoms with Crippen molar-refractivity contribution in [1.82, 2.24) is 9.62 Å². The Morgan fingerprint density at radius 3 is 2.62 bits per heavy atom. The first-order valence-corrected chi connectivity index (χ1v) is 9.43. The van der Waals surface area contributed by atoms with E-state index >= 15 is 0 Å². The largest absolute Gasteiger partial charge is 0.326 e. The lowest BCUT2D eigenvalue weighted by Gasteiger charge is -2.16. The highest BCUT2D eigenvalue weighted by Crippen LogP contribution is 2.25. The molecule has 0 unspecified atom stereocenters. The zero-order valence-electron chi connectivity index (χ0n) is 12.2. The van der Waals surface area contributed by atoms with Gasteiger partial charge in [0.15, 0.2) is 0 Å². The van der Waals surface area contributed by atoms with Gasteiger partial charge in [-0.2, -0.15) is 0 Å². The van der Waals surface area contributed by atoms with Crippen molar-refractivity contribution >= 4 is 26.0 Å². The number of hydrogen-bond acceptors (Lipinski definition) is 4. The molecule has 1 heterocycles.